The van der Waals surface area contributed by atoms with Crippen LogP contribution in [0.25, 0.3) is 0 Å². The third kappa shape index (κ3) is 3.08. The quantitative estimate of drug-likeness (QED) is 0.871. The Morgan fingerprint density at radius 2 is 2.21 bits per heavy atom. The van der Waals surface area contributed by atoms with Gasteiger partial charge in [-0.3, -0.25) is 14.2 Å². The number of hydrogen-bond acceptors (Lipinski definition) is 4. The molecule has 19 heavy (non-hydrogen) atoms. The van der Waals surface area contributed by atoms with Gasteiger partial charge in [-0.15, -0.1) is 0 Å². The van der Waals surface area contributed by atoms with Crippen molar-refractivity contribution in [3.05, 3.63) is 35.9 Å². The van der Waals surface area contributed by atoms with E-state index in [-0.39, 0.29) is 18.2 Å². The monoisotopic (exact) mass is 261 g/mol. The lowest BCUT2D eigenvalue weighted by atomic mass is 10.0. The maximum Gasteiger partial charge on any atom is 0.160 e. The number of hydrogen-bond donors (Lipinski definition) is 1. The van der Waals surface area contributed by atoms with E-state index in [4.69, 9.17) is 5.73 Å². The molecule has 0 saturated heterocycles. The second-order valence-electron chi connectivity index (χ2n) is 4.95. The largest absolute Gasteiger partial charge is 0.318 e. The van der Waals surface area contributed by atoms with Crippen LogP contribution in [-0.4, -0.2) is 25.3 Å². The molecular weight excluding hydrogens is 242 g/mol. The lowest BCUT2D eigenvalue weighted by Crippen LogP contribution is -2.23. The van der Waals surface area contributed by atoms with Crippen molar-refractivity contribution in [2.75, 3.05) is 0 Å². The van der Waals surface area contributed by atoms with Gasteiger partial charge in [-0.1, -0.05) is 0 Å². The van der Waals surface area contributed by atoms with Gasteiger partial charge < -0.3 is 5.73 Å². The van der Waals surface area contributed by atoms with Crippen molar-refractivity contribution in [1.82, 2.24) is 19.6 Å². The Balaban J connectivity index is 2.04. The van der Waals surface area contributed by atoms with Crippen LogP contribution in [0.3, 0.4) is 0 Å². The summed E-state index contributed by atoms with van der Waals surface area (Å²) in [6, 6.07) is 1.50. The van der Waals surface area contributed by atoms with Gasteiger partial charge in [-0.05, 0) is 19.9 Å². The van der Waals surface area contributed by atoms with Gasteiger partial charge in [0, 0.05) is 31.0 Å². The van der Waals surface area contributed by atoms with E-state index in [0.29, 0.717) is 0 Å². The first-order valence-corrected chi connectivity index (χ1v) is 6.28. The molecule has 0 radical (unpaired) electrons. The molecule has 0 aliphatic rings. The van der Waals surface area contributed by atoms with E-state index in [9.17, 15) is 4.79 Å². The lowest BCUT2D eigenvalue weighted by molar-refractivity contribution is -0.119. The fraction of sp³-hybridized carbons (Fsp3) is 0.462. The van der Waals surface area contributed by atoms with Crippen LogP contribution in [-0.2, 0) is 18.3 Å². The predicted octanol–water partition coefficient (Wildman–Crippen LogP) is 1.01. The van der Waals surface area contributed by atoms with E-state index in [1.54, 1.807) is 24.1 Å². The van der Waals surface area contributed by atoms with E-state index >= 15 is 0 Å². The third-order valence-electron chi connectivity index (χ3n) is 2.98. The Morgan fingerprint density at radius 3 is 2.74 bits per heavy atom. The van der Waals surface area contributed by atoms with Gasteiger partial charge in [0.1, 0.15) is 0 Å². The molecule has 6 nitrogen and oxygen atoms in total. The molecule has 0 fully saturated rings. The minimum Gasteiger partial charge on any atom is -0.318 e. The first-order valence-electron chi connectivity index (χ1n) is 6.28. The van der Waals surface area contributed by atoms with Crippen LogP contribution < -0.4 is 5.73 Å². The van der Waals surface area contributed by atoms with Crippen molar-refractivity contribution in [1.29, 1.82) is 0 Å². The second-order valence-corrected chi connectivity index (χ2v) is 4.95. The molecule has 0 aromatic carbocycles. The Labute approximate surface area is 112 Å². The number of aromatic nitrogens is 4. The molecule has 0 amide bonds. The SMILES string of the molecule is CC(C)n1ccc(CC(=O)C(N)c2cnn(C)c2)n1. The molecule has 2 aromatic heterocycles. The molecule has 2 rings (SSSR count). The minimum absolute atomic E-state index is 0.0537. The zero-order valence-electron chi connectivity index (χ0n) is 11.4. The molecule has 0 bridgehead atoms. The number of nitrogens with zero attached hydrogens (tertiary/aromatic N) is 4. The third-order valence-corrected chi connectivity index (χ3v) is 2.98. The zero-order chi connectivity index (χ0) is 14.0. The number of ketones is 1. The van der Waals surface area contributed by atoms with Crippen molar-refractivity contribution in [2.45, 2.75) is 32.4 Å². The molecule has 2 heterocycles. The second kappa shape index (κ2) is 5.36. The Morgan fingerprint density at radius 1 is 1.47 bits per heavy atom. The summed E-state index contributed by atoms with van der Waals surface area (Å²) in [5.41, 5.74) is 7.41. The summed E-state index contributed by atoms with van der Waals surface area (Å²) < 4.78 is 3.47. The molecule has 0 aliphatic heterocycles. The highest BCUT2D eigenvalue weighted by molar-refractivity contribution is 5.86. The van der Waals surface area contributed by atoms with Crippen molar-refractivity contribution >= 4 is 5.78 Å². The molecular formula is C13H19N5O. The summed E-state index contributed by atoms with van der Waals surface area (Å²) in [7, 11) is 1.80. The van der Waals surface area contributed by atoms with Gasteiger partial charge >= 0.3 is 0 Å². The lowest BCUT2D eigenvalue weighted by Gasteiger charge is -2.07. The van der Waals surface area contributed by atoms with Gasteiger partial charge in [0.15, 0.2) is 5.78 Å². The molecule has 0 aliphatic carbocycles. The maximum atomic E-state index is 12.1. The van der Waals surface area contributed by atoms with Crippen LogP contribution in [0.1, 0.15) is 37.2 Å². The average Bonchev–Trinajstić information content (AvgIpc) is 2.97. The Kier molecular flexibility index (Phi) is 3.80. The Bertz CT molecular complexity index is 569. The van der Waals surface area contributed by atoms with Crippen molar-refractivity contribution in [3.63, 3.8) is 0 Å². The van der Waals surface area contributed by atoms with Gasteiger partial charge in [-0.2, -0.15) is 10.2 Å². The van der Waals surface area contributed by atoms with E-state index < -0.39 is 6.04 Å². The smallest absolute Gasteiger partial charge is 0.160 e. The topological polar surface area (TPSA) is 78.7 Å². The maximum absolute atomic E-state index is 12.1. The van der Waals surface area contributed by atoms with Crippen LogP contribution >= 0.6 is 0 Å². The van der Waals surface area contributed by atoms with Gasteiger partial charge in [0.05, 0.1) is 24.4 Å². The fourth-order valence-corrected chi connectivity index (χ4v) is 1.83. The molecule has 0 spiro atoms. The molecule has 102 valence electrons. The van der Waals surface area contributed by atoms with E-state index in [1.165, 1.54) is 0 Å². The Hall–Kier alpha value is -1.95. The van der Waals surface area contributed by atoms with Gasteiger partial charge in [-0.25, -0.2) is 0 Å². The number of aryl methyl sites for hydroxylation is 1. The zero-order valence-corrected chi connectivity index (χ0v) is 11.4. The van der Waals surface area contributed by atoms with E-state index in [1.807, 2.05) is 30.8 Å². The molecule has 0 saturated carbocycles. The van der Waals surface area contributed by atoms with Gasteiger partial charge in [0.25, 0.3) is 0 Å². The van der Waals surface area contributed by atoms with E-state index in [0.717, 1.165) is 11.3 Å². The summed E-state index contributed by atoms with van der Waals surface area (Å²) in [6.07, 6.45) is 5.50. The average molecular weight is 261 g/mol. The summed E-state index contributed by atoms with van der Waals surface area (Å²) in [5.74, 6) is -0.0537. The molecule has 6 heteroatoms. The van der Waals surface area contributed by atoms with Crippen LogP contribution in [0.15, 0.2) is 24.7 Å². The highest BCUT2D eigenvalue weighted by Gasteiger charge is 2.18. The normalized spacial score (nSPS) is 12.9. The predicted molar refractivity (Wildman–Crippen MR) is 71.5 cm³/mol. The van der Waals surface area contributed by atoms with Crippen LogP contribution in [0.4, 0.5) is 0 Å². The molecule has 2 aromatic rings. The van der Waals surface area contributed by atoms with Crippen molar-refractivity contribution < 1.29 is 4.79 Å². The highest BCUT2D eigenvalue weighted by Crippen LogP contribution is 2.13. The van der Waals surface area contributed by atoms with Crippen LogP contribution in [0.2, 0.25) is 0 Å². The number of Topliss-reactive ketones (excluding diaryl/α,β-unsaturated/α-hetero) is 1. The number of carbonyl (C=O) groups excluding carboxylic acids is 1. The summed E-state index contributed by atoms with van der Waals surface area (Å²) in [6.45, 7) is 4.08. The van der Waals surface area contributed by atoms with Crippen molar-refractivity contribution in [2.24, 2.45) is 12.8 Å². The number of rotatable bonds is 5. The molecule has 2 N–H and O–H groups in total. The van der Waals surface area contributed by atoms with Gasteiger partial charge in [0.2, 0.25) is 0 Å². The van der Waals surface area contributed by atoms with Crippen LogP contribution in [0, 0.1) is 0 Å². The highest BCUT2D eigenvalue weighted by atomic mass is 16.1. The first-order chi connectivity index (χ1) is 8.97. The molecule has 1 unspecified atom stereocenters. The van der Waals surface area contributed by atoms with E-state index in [2.05, 4.69) is 10.2 Å². The first kappa shape index (κ1) is 13.5. The summed E-state index contributed by atoms with van der Waals surface area (Å²) in [4.78, 5) is 12.1. The molecule has 1 atom stereocenters. The number of nitrogens with two attached hydrogens (primary N) is 1. The van der Waals surface area contributed by atoms with Crippen molar-refractivity contribution in [3.8, 4) is 0 Å². The fourth-order valence-electron chi connectivity index (χ4n) is 1.83. The standard InChI is InChI=1S/C13H19N5O/c1-9(2)18-5-4-11(16-18)6-12(19)13(14)10-7-15-17(3)8-10/h4-5,7-9,13H,6,14H2,1-3H3. The summed E-state index contributed by atoms with van der Waals surface area (Å²) in [5, 5.41) is 8.37. The summed E-state index contributed by atoms with van der Waals surface area (Å²) >= 11 is 0. The number of carbonyl (C=O) groups is 1. The minimum atomic E-state index is -0.641. The van der Waals surface area contributed by atoms with Crippen LogP contribution in [0.5, 0.6) is 0 Å².